The van der Waals surface area contributed by atoms with Crippen LogP contribution < -0.4 is 5.32 Å². The molecule has 24 heavy (non-hydrogen) atoms. The summed E-state index contributed by atoms with van der Waals surface area (Å²) < 4.78 is 1.11. The standard InChI is InChI=1S/C19H20BrClN2O/c20-16-3-1-2-14(12-16)13-23-10-8-15(9-11-23)19(24)22-18-6-4-17(21)5-7-18/h1-7,12,15H,8-11,13H2,(H,22,24). The summed E-state index contributed by atoms with van der Waals surface area (Å²) in [5.41, 5.74) is 2.11. The van der Waals surface area contributed by atoms with Gasteiger partial charge < -0.3 is 5.32 Å². The third kappa shape index (κ3) is 4.82. The van der Waals surface area contributed by atoms with Crippen molar-refractivity contribution in [2.24, 2.45) is 5.92 Å². The Hall–Kier alpha value is -1.36. The first-order valence-electron chi connectivity index (χ1n) is 8.13. The molecule has 1 aliphatic heterocycles. The van der Waals surface area contributed by atoms with Gasteiger partial charge >= 0.3 is 0 Å². The van der Waals surface area contributed by atoms with Gasteiger partial charge in [0.25, 0.3) is 0 Å². The van der Waals surface area contributed by atoms with Crippen LogP contribution in [0.2, 0.25) is 5.02 Å². The second-order valence-corrected chi connectivity index (χ2v) is 7.53. The predicted molar refractivity (Wildman–Crippen MR) is 102 cm³/mol. The Balaban J connectivity index is 1.49. The first kappa shape index (κ1) is 17.5. The summed E-state index contributed by atoms with van der Waals surface area (Å²) >= 11 is 9.38. The van der Waals surface area contributed by atoms with Crippen molar-refractivity contribution in [3.05, 3.63) is 63.6 Å². The van der Waals surface area contributed by atoms with Gasteiger partial charge in [-0.1, -0.05) is 39.7 Å². The van der Waals surface area contributed by atoms with E-state index in [1.54, 1.807) is 12.1 Å². The van der Waals surface area contributed by atoms with Crippen molar-refractivity contribution in [2.45, 2.75) is 19.4 Å². The van der Waals surface area contributed by atoms with Gasteiger partial charge in [0.2, 0.25) is 5.91 Å². The minimum atomic E-state index is 0.0828. The molecule has 1 saturated heterocycles. The van der Waals surface area contributed by atoms with Gasteiger partial charge in [-0.2, -0.15) is 0 Å². The Morgan fingerprint density at radius 1 is 1.17 bits per heavy atom. The average Bonchev–Trinajstić information content (AvgIpc) is 2.57. The van der Waals surface area contributed by atoms with Crippen LogP contribution in [-0.4, -0.2) is 23.9 Å². The largest absolute Gasteiger partial charge is 0.326 e. The molecule has 1 aliphatic rings. The molecule has 0 unspecified atom stereocenters. The Morgan fingerprint density at radius 3 is 2.54 bits per heavy atom. The molecule has 126 valence electrons. The molecule has 0 aliphatic carbocycles. The Bertz CT molecular complexity index is 697. The van der Waals surface area contributed by atoms with Gasteiger partial charge in [-0.25, -0.2) is 0 Å². The lowest BCUT2D eigenvalue weighted by atomic mass is 9.95. The molecule has 1 fully saturated rings. The third-order valence-electron chi connectivity index (χ3n) is 4.37. The monoisotopic (exact) mass is 406 g/mol. The highest BCUT2D eigenvalue weighted by atomic mass is 79.9. The van der Waals surface area contributed by atoms with Crippen molar-refractivity contribution in [2.75, 3.05) is 18.4 Å². The Kier molecular flexibility index (Phi) is 5.93. The van der Waals surface area contributed by atoms with E-state index in [-0.39, 0.29) is 11.8 Å². The zero-order valence-corrected chi connectivity index (χ0v) is 15.7. The molecular weight excluding hydrogens is 388 g/mol. The molecule has 3 rings (SSSR count). The fraction of sp³-hybridized carbons (Fsp3) is 0.316. The van der Waals surface area contributed by atoms with E-state index in [9.17, 15) is 4.79 Å². The van der Waals surface area contributed by atoms with Crippen molar-refractivity contribution in [3.63, 3.8) is 0 Å². The molecule has 1 N–H and O–H groups in total. The zero-order valence-electron chi connectivity index (χ0n) is 13.3. The van der Waals surface area contributed by atoms with Crippen LogP contribution in [-0.2, 0) is 11.3 Å². The van der Waals surface area contributed by atoms with Crippen LogP contribution in [0.4, 0.5) is 5.69 Å². The maximum atomic E-state index is 12.4. The lowest BCUT2D eigenvalue weighted by Gasteiger charge is -2.31. The van der Waals surface area contributed by atoms with Crippen LogP contribution in [0.15, 0.2) is 53.0 Å². The molecule has 3 nitrogen and oxygen atoms in total. The molecule has 0 radical (unpaired) electrons. The van der Waals surface area contributed by atoms with Gasteiger partial charge in [-0.3, -0.25) is 9.69 Å². The highest BCUT2D eigenvalue weighted by Crippen LogP contribution is 2.22. The van der Waals surface area contributed by atoms with Crippen LogP contribution in [0, 0.1) is 5.92 Å². The van der Waals surface area contributed by atoms with E-state index in [0.29, 0.717) is 5.02 Å². The Labute approximate surface area is 156 Å². The van der Waals surface area contributed by atoms with Crippen molar-refractivity contribution in [3.8, 4) is 0 Å². The summed E-state index contributed by atoms with van der Waals surface area (Å²) in [6, 6.07) is 15.6. The fourth-order valence-electron chi connectivity index (χ4n) is 3.02. The fourth-order valence-corrected chi connectivity index (χ4v) is 3.60. The summed E-state index contributed by atoms with van der Waals surface area (Å²) in [7, 11) is 0. The molecule has 0 bridgehead atoms. The highest BCUT2D eigenvalue weighted by Gasteiger charge is 2.25. The maximum Gasteiger partial charge on any atom is 0.227 e. The number of piperidine rings is 1. The van der Waals surface area contributed by atoms with E-state index < -0.39 is 0 Å². The smallest absolute Gasteiger partial charge is 0.227 e. The average molecular weight is 408 g/mol. The van der Waals surface area contributed by atoms with E-state index in [2.05, 4.69) is 44.3 Å². The first-order chi connectivity index (χ1) is 11.6. The molecular formula is C19H20BrClN2O. The number of hydrogen-bond donors (Lipinski definition) is 1. The number of halogens is 2. The molecule has 0 atom stereocenters. The quantitative estimate of drug-likeness (QED) is 0.777. The van der Waals surface area contributed by atoms with Gasteiger partial charge in [-0.05, 0) is 67.9 Å². The van der Waals surface area contributed by atoms with Crippen molar-refractivity contribution in [1.82, 2.24) is 4.90 Å². The van der Waals surface area contributed by atoms with Gasteiger partial charge in [0.1, 0.15) is 0 Å². The van der Waals surface area contributed by atoms with E-state index in [1.807, 2.05) is 18.2 Å². The van der Waals surface area contributed by atoms with E-state index in [4.69, 9.17) is 11.6 Å². The van der Waals surface area contributed by atoms with Crippen LogP contribution in [0.3, 0.4) is 0 Å². The van der Waals surface area contributed by atoms with Crippen LogP contribution in [0.25, 0.3) is 0 Å². The SMILES string of the molecule is O=C(Nc1ccc(Cl)cc1)C1CCN(Cc2cccc(Br)c2)CC1. The number of carbonyl (C=O) groups is 1. The summed E-state index contributed by atoms with van der Waals surface area (Å²) in [4.78, 5) is 14.8. The van der Waals surface area contributed by atoms with Crippen LogP contribution in [0.5, 0.6) is 0 Å². The predicted octanol–water partition coefficient (Wildman–Crippen LogP) is 4.95. The number of likely N-dealkylation sites (tertiary alicyclic amines) is 1. The van der Waals surface area contributed by atoms with Crippen molar-refractivity contribution in [1.29, 1.82) is 0 Å². The zero-order chi connectivity index (χ0) is 16.9. The lowest BCUT2D eigenvalue weighted by Crippen LogP contribution is -2.37. The lowest BCUT2D eigenvalue weighted by molar-refractivity contribution is -0.121. The van der Waals surface area contributed by atoms with Gasteiger partial charge in [-0.15, -0.1) is 0 Å². The van der Waals surface area contributed by atoms with Crippen molar-refractivity contribution < 1.29 is 4.79 Å². The number of benzene rings is 2. The molecule has 2 aromatic rings. The van der Waals surface area contributed by atoms with Gasteiger partial charge in [0.05, 0.1) is 0 Å². The summed E-state index contributed by atoms with van der Waals surface area (Å²) in [5, 5.41) is 3.66. The summed E-state index contributed by atoms with van der Waals surface area (Å²) in [5.74, 6) is 0.193. The summed E-state index contributed by atoms with van der Waals surface area (Å²) in [6.07, 6.45) is 1.79. The van der Waals surface area contributed by atoms with E-state index in [0.717, 1.165) is 42.6 Å². The normalized spacial score (nSPS) is 16.1. The molecule has 5 heteroatoms. The van der Waals surface area contributed by atoms with Crippen LogP contribution >= 0.6 is 27.5 Å². The van der Waals surface area contributed by atoms with Gasteiger partial charge in [0, 0.05) is 27.6 Å². The van der Waals surface area contributed by atoms with E-state index >= 15 is 0 Å². The number of hydrogen-bond acceptors (Lipinski definition) is 2. The minimum absolute atomic E-state index is 0.0828. The second-order valence-electron chi connectivity index (χ2n) is 6.18. The van der Waals surface area contributed by atoms with E-state index in [1.165, 1.54) is 5.56 Å². The number of nitrogens with zero attached hydrogens (tertiary/aromatic N) is 1. The molecule has 1 heterocycles. The number of carbonyl (C=O) groups excluding carboxylic acids is 1. The first-order valence-corrected chi connectivity index (χ1v) is 9.30. The summed E-state index contributed by atoms with van der Waals surface area (Å²) in [6.45, 7) is 2.83. The second kappa shape index (κ2) is 8.15. The number of nitrogens with one attached hydrogen (secondary N) is 1. The molecule has 0 saturated carbocycles. The third-order valence-corrected chi connectivity index (χ3v) is 5.11. The minimum Gasteiger partial charge on any atom is -0.326 e. The topological polar surface area (TPSA) is 32.3 Å². The Morgan fingerprint density at radius 2 is 1.88 bits per heavy atom. The molecule has 1 amide bonds. The van der Waals surface area contributed by atoms with Crippen LogP contribution in [0.1, 0.15) is 18.4 Å². The number of amides is 1. The maximum absolute atomic E-state index is 12.4. The molecule has 2 aromatic carbocycles. The van der Waals surface area contributed by atoms with Crippen molar-refractivity contribution >= 4 is 39.1 Å². The highest BCUT2D eigenvalue weighted by molar-refractivity contribution is 9.10. The molecule has 0 spiro atoms. The molecule has 0 aromatic heterocycles. The number of anilines is 1. The van der Waals surface area contributed by atoms with Gasteiger partial charge in [0.15, 0.2) is 0 Å². The number of rotatable bonds is 4.